The van der Waals surface area contributed by atoms with Gasteiger partial charge in [-0.1, -0.05) is 13.3 Å². The highest BCUT2D eigenvalue weighted by Crippen LogP contribution is 2.05. The van der Waals surface area contributed by atoms with Gasteiger partial charge in [0.2, 0.25) is 0 Å². The molecule has 0 aliphatic heterocycles. The minimum atomic E-state index is 0.850. The molecule has 0 radical (unpaired) electrons. The van der Waals surface area contributed by atoms with Crippen LogP contribution in [0, 0.1) is 0 Å². The maximum absolute atomic E-state index is 4.17. The lowest BCUT2D eigenvalue weighted by atomic mass is 10.2. The number of rotatable bonds is 4. The summed E-state index contributed by atoms with van der Waals surface area (Å²) in [6, 6.07) is 1.98. The predicted octanol–water partition coefficient (Wildman–Crippen LogP) is 1.32. The largest absolute Gasteiger partial charge is 0.304 e. The third kappa shape index (κ3) is 3.38. The molecule has 0 aliphatic carbocycles. The third-order valence-corrected chi connectivity index (χ3v) is 1.57. The van der Waals surface area contributed by atoms with Gasteiger partial charge < -0.3 is 5.43 Å². The van der Waals surface area contributed by atoms with Crippen molar-refractivity contribution in [1.82, 2.24) is 15.0 Å². The standard InChI is InChI=1S/C9H16N4/c1-4-5-8-6-9(11-7-10-8)12-13(2)3/h6-7H,4-5H2,1-3H3,(H,10,11,12). The summed E-state index contributed by atoms with van der Waals surface area (Å²) in [6.07, 6.45) is 3.71. The molecule has 1 rings (SSSR count). The summed E-state index contributed by atoms with van der Waals surface area (Å²) in [5.41, 5.74) is 4.17. The van der Waals surface area contributed by atoms with E-state index in [0.717, 1.165) is 24.4 Å². The highest BCUT2D eigenvalue weighted by molar-refractivity contribution is 5.33. The molecule has 1 aromatic rings. The van der Waals surface area contributed by atoms with Gasteiger partial charge in [-0.15, -0.1) is 0 Å². The van der Waals surface area contributed by atoms with E-state index >= 15 is 0 Å². The summed E-state index contributed by atoms with van der Waals surface area (Å²) in [7, 11) is 3.86. The maximum atomic E-state index is 4.17. The van der Waals surface area contributed by atoms with E-state index in [4.69, 9.17) is 0 Å². The van der Waals surface area contributed by atoms with Crippen LogP contribution in [0.1, 0.15) is 19.0 Å². The molecule has 0 bridgehead atoms. The summed E-state index contributed by atoms with van der Waals surface area (Å²) in [4.78, 5) is 8.26. The number of hydrogen-bond acceptors (Lipinski definition) is 4. The first-order chi connectivity index (χ1) is 6.22. The fraction of sp³-hybridized carbons (Fsp3) is 0.556. The van der Waals surface area contributed by atoms with Gasteiger partial charge >= 0.3 is 0 Å². The predicted molar refractivity (Wildman–Crippen MR) is 53.3 cm³/mol. The number of nitrogens with zero attached hydrogens (tertiary/aromatic N) is 3. The quantitative estimate of drug-likeness (QED) is 0.709. The first-order valence-corrected chi connectivity index (χ1v) is 4.47. The lowest BCUT2D eigenvalue weighted by Gasteiger charge is -2.12. The van der Waals surface area contributed by atoms with E-state index in [9.17, 15) is 0 Å². The zero-order chi connectivity index (χ0) is 9.68. The summed E-state index contributed by atoms with van der Waals surface area (Å²) in [5.74, 6) is 0.850. The minimum Gasteiger partial charge on any atom is -0.304 e. The van der Waals surface area contributed by atoms with E-state index < -0.39 is 0 Å². The van der Waals surface area contributed by atoms with E-state index in [2.05, 4.69) is 22.3 Å². The second kappa shape index (κ2) is 4.77. The molecule has 0 unspecified atom stereocenters. The molecule has 0 atom stereocenters. The smallest absolute Gasteiger partial charge is 0.143 e. The molecule has 0 spiro atoms. The number of anilines is 1. The SMILES string of the molecule is CCCc1cc(NN(C)C)ncn1. The van der Waals surface area contributed by atoms with Crippen LogP contribution in [0.25, 0.3) is 0 Å². The molecule has 1 N–H and O–H groups in total. The lowest BCUT2D eigenvalue weighted by Crippen LogP contribution is -2.20. The van der Waals surface area contributed by atoms with Crippen LogP contribution in [-0.2, 0) is 6.42 Å². The molecule has 13 heavy (non-hydrogen) atoms. The van der Waals surface area contributed by atoms with Crippen LogP contribution in [-0.4, -0.2) is 29.1 Å². The van der Waals surface area contributed by atoms with Crippen molar-refractivity contribution in [3.05, 3.63) is 18.1 Å². The van der Waals surface area contributed by atoms with Crippen molar-refractivity contribution in [1.29, 1.82) is 0 Å². The van der Waals surface area contributed by atoms with Crippen LogP contribution >= 0.6 is 0 Å². The molecular weight excluding hydrogens is 164 g/mol. The van der Waals surface area contributed by atoms with Gasteiger partial charge in [0.25, 0.3) is 0 Å². The van der Waals surface area contributed by atoms with Gasteiger partial charge in [-0.05, 0) is 6.42 Å². The Morgan fingerprint density at radius 2 is 2.15 bits per heavy atom. The maximum Gasteiger partial charge on any atom is 0.143 e. The van der Waals surface area contributed by atoms with E-state index in [0.29, 0.717) is 0 Å². The molecule has 72 valence electrons. The molecule has 0 fully saturated rings. The van der Waals surface area contributed by atoms with Crippen LogP contribution in [0.2, 0.25) is 0 Å². The average Bonchev–Trinajstić information content (AvgIpc) is 2.04. The van der Waals surface area contributed by atoms with Gasteiger partial charge in [0.1, 0.15) is 12.1 Å². The van der Waals surface area contributed by atoms with Crippen molar-refractivity contribution in [3.63, 3.8) is 0 Å². The lowest BCUT2D eigenvalue weighted by molar-refractivity contribution is 0.492. The van der Waals surface area contributed by atoms with Gasteiger partial charge in [-0.25, -0.2) is 15.0 Å². The van der Waals surface area contributed by atoms with E-state index in [1.54, 1.807) is 6.33 Å². The number of aromatic nitrogens is 2. The van der Waals surface area contributed by atoms with Crippen molar-refractivity contribution < 1.29 is 0 Å². The Bertz CT molecular complexity index is 260. The van der Waals surface area contributed by atoms with Crippen LogP contribution in [0.5, 0.6) is 0 Å². The number of nitrogens with one attached hydrogen (secondary N) is 1. The molecule has 0 aliphatic rings. The second-order valence-corrected chi connectivity index (χ2v) is 3.15. The molecule has 0 amide bonds. The Kier molecular flexibility index (Phi) is 3.64. The fourth-order valence-electron chi connectivity index (χ4n) is 1.08. The molecule has 0 aromatic carbocycles. The third-order valence-electron chi connectivity index (χ3n) is 1.57. The summed E-state index contributed by atoms with van der Waals surface area (Å²) in [5, 5.41) is 1.86. The number of aryl methyl sites for hydroxylation is 1. The van der Waals surface area contributed by atoms with E-state index in [-0.39, 0.29) is 0 Å². The van der Waals surface area contributed by atoms with Crippen molar-refractivity contribution in [2.75, 3.05) is 19.5 Å². The van der Waals surface area contributed by atoms with Crippen LogP contribution in [0.3, 0.4) is 0 Å². The monoisotopic (exact) mass is 180 g/mol. The van der Waals surface area contributed by atoms with Gasteiger partial charge in [0.05, 0.1) is 0 Å². The topological polar surface area (TPSA) is 41.0 Å². The highest BCUT2D eigenvalue weighted by atomic mass is 15.5. The van der Waals surface area contributed by atoms with Crippen molar-refractivity contribution in [2.24, 2.45) is 0 Å². The molecule has 0 saturated carbocycles. The molecule has 4 heteroatoms. The Morgan fingerprint density at radius 3 is 2.77 bits per heavy atom. The molecular formula is C9H16N4. The van der Waals surface area contributed by atoms with E-state index in [1.165, 1.54) is 0 Å². The van der Waals surface area contributed by atoms with Gasteiger partial charge in [0.15, 0.2) is 0 Å². The minimum absolute atomic E-state index is 0.850. The Balaban J connectivity index is 2.67. The van der Waals surface area contributed by atoms with Gasteiger partial charge in [0, 0.05) is 25.9 Å². The fourth-order valence-corrected chi connectivity index (χ4v) is 1.08. The first kappa shape index (κ1) is 9.92. The number of hydrazine groups is 1. The Morgan fingerprint density at radius 1 is 1.38 bits per heavy atom. The zero-order valence-electron chi connectivity index (χ0n) is 8.41. The van der Waals surface area contributed by atoms with Crippen molar-refractivity contribution in [3.8, 4) is 0 Å². The molecule has 4 nitrogen and oxygen atoms in total. The average molecular weight is 180 g/mol. The molecule has 1 aromatic heterocycles. The normalized spacial score (nSPS) is 10.5. The number of hydrogen-bond donors (Lipinski definition) is 1. The van der Waals surface area contributed by atoms with Crippen molar-refractivity contribution >= 4 is 5.82 Å². The summed E-state index contributed by atoms with van der Waals surface area (Å²) >= 11 is 0. The summed E-state index contributed by atoms with van der Waals surface area (Å²) in [6.45, 7) is 2.14. The first-order valence-electron chi connectivity index (χ1n) is 4.47. The van der Waals surface area contributed by atoms with Crippen molar-refractivity contribution in [2.45, 2.75) is 19.8 Å². The van der Waals surface area contributed by atoms with Gasteiger partial charge in [-0.2, -0.15) is 0 Å². The van der Waals surface area contributed by atoms with Crippen LogP contribution in [0.15, 0.2) is 12.4 Å². The van der Waals surface area contributed by atoms with Gasteiger partial charge in [-0.3, -0.25) is 0 Å². The molecule has 1 heterocycles. The van der Waals surface area contributed by atoms with Crippen LogP contribution < -0.4 is 5.43 Å². The zero-order valence-corrected chi connectivity index (χ0v) is 8.41. The second-order valence-electron chi connectivity index (χ2n) is 3.15. The molecule has 0 saturated heterocycles. The summed E-state index contributed by atoms with van der Waals surface area (Å²) < 4.78 is 0. The van der Waals surface area contributed by atoms with Crippen LogP contribution in [0.4, 0.5) is 5.82 Å². The Hall–Kier alpha value is -1.16. The highest BCUT2D eigenvalue weighted by Gasteiger charge is 1.97. The van der Waals surface area contributed by atoms with E-state index in [1.807, 2.05) is 25.2 Å². The Labute approximate surface area is 79.0 Å².